The minimum absolute atomic E-state index is 0.321. The van der Waals surface area contributed by atoms with E-state index in [1.807, 2.05) is 30.7 Å². The fourth-order valence-corrected chi connectivity index (χ4v) is 2.64. The molecular weight excluding hydrogens is 210 g/mol. The Balaban J connectivity index is 2.10. The molecular formula is C14H13N3. The second-order valence-corrected chi connectivity index (χ2v) is 4.41. The van der Waals surface area contributed by atoms with Gasteiger partial charge in [-0.2, -0.15) is 5.26 Å². The van der Waals surface area contributed by atoms with Gasteiger partial charge in [-0.15, -0.1) is 0 Å². The number of hydrogen-bond acceptors (Lipinski definition) is 2. The molecule has 0 aliphatic carbocycles. The zero-order valence-electron chi connectivity index (χ0n) is 9.50. The summed E-state index contributed by atoms with van der Waals surface area (Å²) in [6, 6.07) is 10.2. The molecule has 0 bridgehead atoms. The molecule has 3 rings (SSSR count). The molecule has 0 spiro atoms. The molecule has 0 N–H and O–H groups in total. The van der Waals surface area contributed by atoms with Crippen LogP contribution in [0.3, 0.4) is 0 Å². The molecule has 2 heterocycles. The van der Waals surface area contributed by atoms with E-state index in [1.54, 1.807) is 0 Å². The maximum atomic E-state index is 9.18. The van der Waals surface area contributed by atoms with Gasteiger partial charge in [-0.3, -0.25) is 0 Å². The van der Waals surface area contributed by atoms with Crippen LogP contribution < -0.4 is 0 Å². The quantitative estimate of drug-likeness (QED) is 0.745. The van der Waals surface area contributed by atoms with Crippen LogP contribution >= 0.6 is 0 Å². The first kappa shape index (κ1) is 10.1. The van der Waals surface area contributed by atoms with Crippen molar-refractivity contribution in [2.75, 3.05) is 0 Å². The fourth-order valence-electron chi connectivity index (χ4n) is 2.64. The molecule has 1 atom stereocenters. The van der Waals surface area contributed by atoms with Crippen LogP contribution in [-0.4, -0.2) is 9.55 Å². The lowest BCUT2D eigenvalue weighted by molar-refractivity contribution is 0.490. The second kappa shape index (κ2) is 4.06. The van der Waals surface area contributed by atoms with Gasteiger partial charge in [0.15, 0.2) is 0 Å². The highest BCUT2D eigenvalue weighted by molar-refractivity contribution is 5.43. The monoisotopic (exact) mass is 223 g/mol. The summed E-state index contributed by atoms with van der Waals surface area (Å²) < 4.78 is 2.20. The Morgan fingerprint density at radius 3 is 3.12 bits per heavy atom. The van der Waals surface area contributed by atoms with Crippen molar-refractivity contribution in [1.29, 1.82) is 5.26 Å². The number of rotatable bonds is 1. The van der Waals surface area contributed by atoms with Crippen LogP contribution in [0, 0.1) is 11.3 Å². The molecule has 3 nitrogen and oxygen atoms in total. The largest absolute Gasteiger partial charge is 0.334 e. The maximum absolute atomic E-state index is 9.18. The van der Waals surface area contributed by atoms with Gasteiger partial charge in [0.25, 0.3) is 0 Å². The zero-order chi connectivity index (χ0) is 11.7. The van der Waals surface area contributed by atoms with Crippen molar-refractivity contribution in [3.63, 3.8) is 0 Å². The normalized spacial score (nSPS) is 18.4. The van der Waals surface area contributed by atoms with E-state index in [2.05, 4.69) is 21.7 Å². The fraction of sp³-hybridized carbons (Fsp3) is 0.286. The summed E-state index contributed by atoms with van der Waals surface area (Å²) in [5, 5.41) is 9.18. The number of aromatic nitrogens is 2. The molecule has 0 radical (unpaired) electrons. The molecule has 0 saturated carbocycles. The molecule has 1 unspecified atom stereocenters. The summed E-state index contributed by atoms with van der Waals surface area (Å²) in [6.45, 7) is 1.04. The van der Waals surface area contributed by atoms with E-state index in [-0.39, 0.29) is 0 Å². The minimum Gasteiger partial charge on any atom is -0.334 e. The van der Waals surface area contributed by atoms with Crippen molar-refractivity contribution in [3.8, 4) is 6.07 Å². The lowest BCUT2D eigenvalue weighted by atomic mass is 9.86. The van der Waals surface area contributed by atoms with Crippen LogP contribution in [-0.2, 0) is 6.54 Å². The zero-order valence-corrected chi connectivity index (χ0v) is 9.50. The van der Waals surface area contributed by atoms with E-state index in [1.165, 1.54) is 5.69 Å². The number of aryl methyl sites for hydroxylation is 1. The number of benzene rings is 1. The number of imidazole rings is 1. The third-order valence-corrected chi connectivity index (χ3v) is 3.45. The molecule has 1 aromatic carbocycles. The van der Waals surface area contributed by atoms with Gasteiger partial charge in [0.05, 0.1) is 18.0 Å². The van der Waals surface area contributed by atoms with Gasteiger partial charge in [0.2, 0.25) is 0 Å². The van der Waals surface area contributed by atoms with Crippen LogP contribution in [0.4, 0.5) is 0 Å². The summed E-state index contributed by atoms with van der Waals surface area (Å²) in [4.78, 5) is 4.22. The van der Waals surface area contributed by atoms with Crippen LogP contribution in [0.25, 0.3) is 0 Å². The second-order valence-electron chi connectivity index (χ2n) is 4.41. The van der Waals surface area contributed by atoms with Crippen molar-refractivity contribution < 1.29 is 0 Å². The van der Waals surface area contributed by atoms with Crippen molar-refractivity contribution in [1.82, 2.24) is 9.55 Å². The number of nitriles is 1. The molecule has 84 valence electrons. The highest BCUT2D eigenvalue weighted by Crippen LogP contribution is 2.34. The first-order valence-electron chi connectivity index (χ1n) is 5.89. The summed E-state index contributed by atoms with van der Waals surface area (Å²) in [5.74, 6) is 0.321. The third kappa shape index (κ3) is 1.62. The highest BCUT2D eigenvalue weighted by atomic mass is 15.1. The SMILES string of the molecule is N#Cc1ccccc1C1CCCn2cncc21. The van der Waals surface area contributed by atoms with E-state index < -0.39 is 0 Å². The van der Waals surface area contributed by atoms with Crippen molar-refractivity contribution in [3.05, 3.63) is 53.6 Å². The molecule has 3 heteroatoms. The molecule has 17 heavy (non-hydrogen) atoms. The smallest absolute Gasteiger partial charge is 0.0994 e. The molecule has 0 saturated heterocycles. The Morgan fingerprint density at radius 1 is 1.35 bits per heavy atom. The van der Waals surface area contributed by atoms with Crippen molar-refractivity contribution in [2.45, 2.75) is 25.3 Å². The molecule has 1 aliphatic rings. The van der Waals surface area contributed by atoms with E-state index >= 15 is 0 Å². The van der Waals surface area contributed by atoms with Crippen LogP contribution in [0.1, 0.15) is 35.6 Å². The van der Waals surface area contributed by atoms with E-state index in [9.17, 15) is 5.26 Å². The van der Waals surface area contributed by atoms with Gasteiger partial charge in [0, 0.05) is 24.4 Å². The van der Waals surface area contributed by atoms with Gasteiger partial charge >= 0.3 is 0 Å². The summed E-state index contributed by atoms with van der Waals surface area (Å²) in [7, 11) is 0. The predicted octanol–water partition coefficient (Wildman–Crippen LogP) is 2.68. The van der Waals surface area contributed by atoms with Crippen LogP contribution in [0.5, 0.6) is 0 Å². The summed E-state index contributed by atoms with van der Waals surface area (Å²) in [5.41, 5.74) is 3.16. The topological polar surface area (TPSA) is 41.6 Å². The first-order chi connectivity index (χ1) is 8.40. The Hall–Kier alpha value is -2.08. The number of nitrogens with zero attached hydrogens (tertiary/aromatic N) is 3. The average Bonchev–Trinajstić information content (AvgIpc) is 2.86. The van der Waals surface area contributed by atoms with Crippen molar-refractivity contribution in [2.24, 2.45) is 0 Å². The maximum Gasteiger partial charge on any atom is 0.0994 e. The van der Waals surface area contributed by atoms with Gasteiger partial charge in [-0.25, -0.2) is 4.98 Å². The summed E-state index contributed by atoms with van der Waals surface area (Å²) >= 11 is 0. The Kier molecular flexibility index (Phi) is 2.41. The van der Waals surface area contributed by atoms with E-state index in [0.29, 0.717) is 5.92 Å². The minimum atomic E-state index is 0.321. The summed E-state index contributed by atoms with van der Waals surface area (Å²) in [6.07, 6.45) is 6.06. The molecule has 0 fully saturated rings. The van der Waals surface area contributed by atoms with E-state index in [4.69, 9.17) is 0 Å². The Labute approximate surface area is 100 Å². The standard InChI is InChI=1S/C14H13N3/c15-8-11-4-1-2-5-12(11)13-6-3-7-17-10-16-9-14(13)17/h1-2,4-5,9-10,13H,3,6-7H2. The van der Waals surface area contributed by atoms with Crippen molar-refractivity contribution >= 4 is 0 Å². The van der Waals surface area contributed by atoms with Gasteiger partial charge < -0.3 is 4.57 Å². The third-order valence-electron chi connectivity index (χ3n) is 3.45. The first-order valence-corrected chi connectivity index (χ1v) is 5.89. The predicted molar refractivity (Wildman–Crippen MR) is 64.5 cm³/mol. The Bertz CT molecular complexity index is 577. The number of hydrogen-bond donors (Lipinski definition) is 0. The highest BCUT2D eigenvalue weighted by Gasteiger charge is 2.23. The molecule has 2 aromatic rings. The molecule has 1 aliphatic heterocycles. The lowest BCUT2D eigenvalue weighted by Crippen LogP contribution is -2.16. The van der Waals surface area contributed by atoms with Crippen LogP contribution in [0.2, 0.25) is 0 Å². The average molecular weight is 223 g/mol. The van der Waals surface area contributed by atoms with Crippen LogP contribution in [0.15, 0.2) is 36.8 Å². The molecule has 1 aromatic heterocycles. The van der Waals surface area contributed by atoms with Gasteiger partial charge in [0.1, 0.15) is 0 Å². The Morgan fingerprint density at radius 2 is 2.24 bits per heavy atom. The lowest BCUT2D eigenvalue weighted by Gasteiger charge is -2.25. The van der Waals surface area contributed by atoms with Gasteiger partial charge in [-0.05, 0) is 24.5 Å². The number of fused-ring (bicyclic) bond motifs is 1. The molecule has 0 amide bonds. The van der Waals surface area contributed by atoms with E-state index in [0.717, 1.165) is 30.5 Å². The van der Waals surface area contributed by atoms with Gasteiger partial charge in [-0.1, -0.05) is 18.2 Å².